The lowest BCUT2D eigenvalue weighted by atomic mass is 10.2. The van der Waals surface area contributed by atoms with Crippen LogP contribution in [0.15, 0.2) is 97.4 Å². The molecule has 1 unspecified atom stereocenters. The Balaban J connectivity index is 2.35. The van der Waals surface area contributed by atoms with Gasteiger partial charge in [-0.2, -0.15) is 0 Å². The van der Waals surface area contributed by atoms with Gasteiger partial charge in [0.1, 0.15) is 12.1 Å². The number of nitrogens with zero attached hydrogens (tertiary/aromatic N) is 1. The number of rotatable bonds is 22. The van der Waals surface area contributed by atoms with Gasteiger partial charge in [0.2, 0.25) is 5.91 Å². The molecule has 0 spiro atoms. The molecule has 0 aromatic carbocycles. The molecule has 0 radical (unpaired) electrons. The molecule has 0 aliphatic rings. The number of esters is 1. The largest absolute Gasteiger partial charge is 0.456 e. The van der Waals surface area contributed by atoms with Crippen LogP contribution < -0.4 is 10.6 Å². The van der Waals surface area contributed by atoms with Crippen LogP contribution in [0.1, 0.15) is 68.6 Å². The standard InChI is InChI=1S/C34H47N3O6/c1-2-3-4-5-6-7-8-9-10-11-12-13-14-15-16-17-18-19-20-23-32(40)37-31(34(42)43-30(27-38)28-39)26-36-33(41)29-22-21-24-35-25-29/h3-4,6-7,9-10,12-13,15-16,18-19,21-22,24-25,30-31,38-39H,2,5,8,11,14,17,20,23,26-28H2,1H3,(H,36,41)(H,37,40). The monoisotopic (exact) mass is 593 g/mol. The smallest absolute Gasteiger partial charge is 0.330 e. The van der Waals surface area contributed by atoms with Crippen molar-refractivity contribution in [1.82, 2.24) is 15.6 Å². The molecule has 1 aromatic rings. The lowest BCUT2D eigenvalue weighted by Crippen LogP contribution is -2.50. The lowest BCUT2D eigenvalue weighted by Gasteiger charge is -2.21. The summed E-state index contributed by atoms with van der Waals surface area (Å²) in [6.45, 7) is 0.746. The van der Waals surface area contributed by atoms with Crippen LogP contribution in [0.4, 0.5) is 0 Å². The Bertz CT molecular complexity index is 1090. The van der Waals surface area contributed by atoms with Crippen LogP contribution in [-0.4, -0.2) is 64.9 Å². The van der Waals surface area contributed by atoms with E-state index in [-0.39, 0.29) is 13.0 Å². The molecule has 0 saturated carbocycles. The molecule has 43 heavy (non-hydrogen) atoms. The van der Waals surface area contributed by atoms with Gasteiger partial charge in [0.25, 0.3) is 5.91 Å². The van der Waals surface area contributed by atoms with Crippen molar-refractivity contribution in [2.45, 2.75) is 70.4 Å². The molecule has 9 heteroatoms. The van der Waals surface area contributed by atoms with Crippen molar-refractivity contribution in [2.75, 3.05) is 19.8 Å². The molecule has 0 aliphatic carbocycles. The van der Waals surface area contributed by atoms with Crippen molar-refractivity contribution in [3.8, 4) is 0 Å². The molecule has 234 valence electrons. The summed E-state index contributed by atoms with van der Waals surface area (Å²) in [5.41, 5.74) is 0.294. The Hall–Kier alpha value is -4.08. The second kappa shape index (κ2) is 25.6. The minimum atomic E-state index is -1.20. The van der Waals surface area contributed by atoms with E-state index in [1.54, 1.807) is 12.1 Å². The SMILES string of the molecule is CCC=CCC=CCC=CCC=CCC=CCC=CCCC(=O)NC(CNC(=O)c1cccnc1)C(=O)OC(CO)CO. The average Bonchev–Trinajstić information content (AvgIpc) is 3.03. The summed E-state index contributed by atoms with van der Waals surface area (Å²) in [4.78, 5) is 41.2. The van der Waals surface area contributed by atoms with Gasteiger partial charge in [0, 0.05) is 25.4 Å². The number of carbonyl (C=O) groups excluding carboxylic acids is 3. The van der Waals surface area contributed by atoms with Crippen LogP contribution in [0.3, 0.4) is 0 Å². The van der Waals surface area contributed by atoms with Gasteiger partial charge in [-0.1, -0.05) is 79.8 Å². The van der Waals surface area contributed by atoms with Gasteiger partial charge in [0.05, 0.1) is 18.8 Å². The van der Waals surface area contributed by atoms with E-state index < -0.39 is 43.1 Å². The zero-order chi connectivity index (χ0) is 31.4. The maximum Gasteiger partial charge on any atom is 0.330 e. The molecule has 1 rings (SSSR count). The number of aliphatic hydroxyl groups is 2. The molecule has 0 saturated heterocycles. The third-order valence-electron chi connectivity index (χ3n) is 5.83. The highest BCUT2D eigenvalue weighted by atomic mass is 16.6. The highest BCUT2D eigenvalue weighted by Gasteiger charge is 2.25. The molecule has 4 N–H and O–H groups in total. The molecule has 1 heterocycles. The minimum absolute atomic E-state index is 0.131. The van der Waals surface area contributed by atoms with Gasteiger partial charge in [0.15, 0.2) is 0 Å². The van der Waals surface area contributed by atoms with Crippen LogP contribution in [0.25, 0.3) is 0 Å². The third-order valence-corrected chi connectivity index (χ3v) is 5.83. The molecule has 1 atom stereocenters. The predicted octanol–water partition coefficient (Wildman–Crippen LogP) is 4.67. The first-order valence-electron chi connectivity index (χ1n) is 14.8. The number of aliphatic hydroxyl groups excluding tert-OH is 2. The van der Waals surface area contributed by atoms with Gasteiger partial charge in [-0.3, -0.25) is 14.6 Å². The summed E-state index contributed by atoms with van der Waals surface area (Å²) < 4.78 is 5.04. The molecule has 9 nitrogen and oxygen atoms in total. The van der Waals surface area contributed by atoms with Crippen LogP contribution in [-0.2, 0) is 14.3 Å². The molecule has 1 aromatic heterocycles. The minimum Gasteiger partial charge on any atom is -0.456 e. The van der Waals surface area contributed by atoms with E-state index >= 15 is 0 Å². The van der Waals surface area contributed by atoms with Crippen LogP contribution in [0.2, 0.25) is 0 Å². The topological polar surface area (TPSA) is 138 Å². The van der Waals surface area contributed by atoms with E-state index in [9.17, 15) is 24.6 Å². The number of amides is 2. The fourth-order valence-corrected chi connectivity index (χ4v) is 3.49. The van der Waals surface area contributed by atoms with Gasteiger partial charge in [-0.25, -0.2) is 4.79 Å². The first kappa shape index (κ1) is 36.9. The number of hydrogen-bond acceptors (Lipinski definition) is 7. The van der Waals surface area contributed by atoms with Crippen molar-refractivity contribution in [3.63, 3.8) is 0 Å². The molecule has 0 fully saturated rings. The second-order valence-electron chi connectivity index (χ2n) is 9.45. The molecule has 0 bridgehead atoms. The molecule has 2 amide bonds. The summed E-state index contributed by atoms with van der Waals surface area (Å²) in [5, 5.41) is 23.6. The second-order valence-corrected chi connectivity index (χ2v) is 9.45. The number of carbonyl (C=O) groups is 3. The van der Waals surface area contributed by atoms with Gasteiger partial charge in [-0.15, -0.1) is 0 Å². The first-order valence-corrected chi connectivity index (χ1v) is 14.8. The summed E-state index contributed by atoms with van der Waals surface area (Å²) in [5.74, 6) is -1.75. The van der Waals surface area contributed by atoms with E-state index in [1.807, 2.05) is 12.2 Å². The van der Waals surface area contributed by atoms with Crippen LogP contribution in [0, 0.1) is 0 Å². The van der Waals surface area contributed by atoms with Gasteiger partial charge < -0.3 is 25.6 Å². The number of aromatic nitrogens is 1. The normalized spacial score (nSPS) is 12.9. The quantitative estimate of drug-likeness (QED) is 0.113. The Morgan fingerprint density at radius 1 is 0.837 bits per heavy atom. The van der Waals surface area contributed by atoms with Crippen LogP contribution in [0.5, 0.6) is 0 Å². The number of pyridine rings is 1. The zero-order valence-electron chi connectivity index (χ0n) is 25.1. The Morgan fingerprint density at radius 3 is 1.86 bits per heavy atom. The maximum atomic E-state index is 12.5. The highest BCUT2D eigenvalue weighted by Crippen LogP contribution is 2.01. The molecule has 0 aliphatic heterocycles. The van der Waals surface area contributed by atoms with Gasteiger partial charge in [-0.05, 0) is 57.1 Å². The Morgan fingerprint density at radius 2 is 1.37 bits per heavy atom. The van der Waals surface area contributed by atoms with Crippen molar-refractivity contribution in [2.24, 2.45) is 0 Å². The van der Waals surface area contributed by atoms with E-state index in [2.05, 4.69) is 83.3 Å². The third kappa shape index (κ3) is 19.6. The van der Waals surface area contributed by atoms with Gasteiger partial charge >= 0.3 is 5.97 Å². The molecular formula is C34H47N3O6. The predicted molar refractivity (Wildman–Crippen MR) is 170 cm³/mol. The first-order chi connectivity index (χ1) is 21.0. The summed E-state index contributed by atoms with van der Waals surface area (Å²) in [6.07, 6.45) is 33.2. The lowest BCUT2D eigenvalue weighted by molar-refractivity contribution is -0.156. The van der Waals surface area contributed by atoms with Crippen LogP contribution >= 0.6 is 0 Å². The number of allylic oxidation sites excluding steroid dienone is 12. The number of nitrogens with one attached hydrogen (secondary N) is 2. The van der Waals surface area contributed by atoms with Crippen molar-refractivity contribution >= 4 is 17.8 Å². The van der Waals surface area contributed by atoms with E-state index in [1.165, 1.54) is 12.4 Å². The van der Waals surface area contributed by atoms with E-state index in [4.69, 9.17) is 4.74 Å². The number of ether oxygens (including phenoxy) is 1. The van der Waals surface area contributed by atoms with Crippen molar-refractivity contribution < 1.29 is 29.3 Å². The summed E-state index contributed by atoms with van der Waals surface area (Å²) in [7, 11) is 0. The fourth-order valence-electron chi connectivity index (χ4n) is 3.49. The maximum absolute atomic E-state index is 12.5. The Kier molecular flexibility index (Phi) is 22.0. The summed E-state index contributed by atoms with van der Waals surface area (Å²) >= 11 is 0. The summed E-state index contributed by atoms with van der Waals surface area (Å²) in [6, 6.07) is 1.97. The van der Waals surface area contributed by atoms with E-state index in [0.29, 0.717) is 12.0 Å². The van der Waals surface area contributed by atoms with Crippen molar-refractivity contribution in [1.29, 1.82) is 0 Å². The van der Waals surface area contributed by atoms with Crippen molar-refractivity contribution in [3.05, 3.63) is 103 Å². The zero-order valence-corrected chi connectivity index (χ0v) is 25.1. The van der Waals surface area contributed by atoms with E-state index in [0.717, 1.165) is 38.5 Å². The Labute approximate surface area is 255 Å². The fraction of sp³-hybridized carbons (Fsp3) is 0.412. The molecular weight excluding hydrogens is 546 g/mol. The highest BCUT2D eigenvalue weighted by molar-refractivity contribution is 5.94. The average molecular weight is 594 g/mol. The number of hydrogen-bond donors (Lipinski definition) is 4.